The zero-order valence-electron chi connectivity index (χ0n) is 76.8. The van der Waals surface area contributed by atoms with Gasteiger partial charge in [-0.1, -0.05) is 376 Å². The molecule has 124 heavy (non-hydrogen) atoms. The van der Waals surface area contributed by atoms with E-state index in [-0.39, 0.29) is 53.9 Å². The average Bonchev–Trinajstić information content (AvgIpc) is 0.669. The van der Waals surface area contributed by atoms with E-state index >= 15 is 38.4 Å². The van der Waals surface area contributed by atoms with E-state index in [4.69, 9.17) is 0 Å². The molecule has 0 aliphatic heterocycles. The molecule has 12 rings (SSSR count). The molecular weight excluding hydrogens is 1800 g/mol. The number of hydrogen-bond donors (Lipinski definition) is 2. The number of benzene rings is 6. The van der Waals surface area contributed by atoms with Crippen LogP contribution in [0.3, 0.4) is 0 Å². The number of pyridine rings is 6. The standard InChI is InChI=1S/C106H146Br4N6O8/c1-9-17-25-33-41-49-57-69(58-50-42-34-26-18-10-2)113-99(117)85-79-73-65-67-76-78-74(66-68-75(77(73)78)111-97(79)91-83-81(85)87(101(113)119)93(107)95(109)89(83)103(121)115(105(91)123)71(61-53-45-37-29-21-13-5)62-54-46-38-30-22-14-6)80-86-82-84-90(104(122)116(106(124)92(84)98(80)112-76)72(63-55-47-39-31-23-15-7)64-56-48-40-32-24-16-8)96(110)94(108)88(82)102(120)114(100(86)118)70(59-51-43-35-27-19-11-3)60-52-44-36-28-20-12-4/h65-72,111-112H,9-64H2,1-8H3. The zero-order valence-corrected chi connectivity index (χ0v) is 83.1. The second-order valence-corrected chi connectivity index (χ2v) is 40.7. The first-order valence-electron chi connectivity index (χ1n) is 50.2. The highest BCUT2D eigenvalue weighted by Crippen LogP contribution is 2.51. The van der Waals surface area contributed by atoms with Gasteiger partial charge in [-0.2, -0.15) is 0 Å². The third kappa shape index (κ3) is 20.8. The molecule has 12 aromatic rings. The second kappa shape index (κ2) is 47.7. The van der Waals surface area contributed by atoms with Crippen LogP contribution in [0.15, 0.2) is 80.5 Å². The summed E-state index contributed by atoms with van der Waals surface area (Å²) in [6.07, 6.45) is 55.2. The van der Waals surface area contributed by atoms with Crippen molar-refractivity contribution in [2.24, 2.45) is 0 Å². The van der Waals surface area contributed by atoms with E-state index < -0.39 is 68.6 Å². The predicted octanol–water partition coefficient (Wildman–Crippen LogP) is 32.1. The Morgan fingerprint density at radius 1 is 0.202 bits per heavy atom. The molecule has 0 aliphatic rings. The molecule has 14 nitrogen and oxygen atoms in total. The van der Waals surface area contributed by atoms with Gasteiger partial charge in [-0.15, -0.1) is 0 Å². The van der Waals surface area contributed by atoms with Crippen LogP contribution in [-0.2, 0) is 0 Å². The maximum Gasteiger partial charge on any atom is 0.263 e. The first kappa shape index (κ1) is 97.2. The Balaban J connectivity index is 1.24. The number of aromatic amines is 2. The van der Waals surface area contributed by atoms with Gasteiger partial charge in [0.15, 0.2) is 0 Å². The lowest BCUT2D eigenvalue weighted by Gasteiger charge is -2.26. The van der Waals surface area contributed by atoms with Crippen molar-refractivity contribution in [1.29, 1.82) is 0 Å². The molecule has 0 unspecified atom stereocenters. The normalized spacial score (nSPS) is 12.6. The van der Waals surface area contributed by atoms with Crippen LogP contribution in [0.25, 0.3) is 119 Å². The maximum absolute atomic E-state index is 17.2. The Morgan fingerprint density at radius 2 is 0.371 bits per heavy atom. The van der Waals surface area contributed by atoms with Gasteiger partial charge >= 0.3 is 0 Å². The molecule has 0 saturated carbocycles. The van der Waals surface area contributed by atoms with E-state index in [9.17, 15) is 0 Å². The summed E-state index contributed by atoms with van der Waals surface area (Å²) < 4.78 is 7.73. The van der Waals surface area contributed by atoms with Crippen LogP contribution >= 0.6 is 63.7 Å². The maximum atomic E-state index is 17.2. The number of H-pyrrole nitrogens is 2. The van der Waals surface area contributed by atoms with E-state index in [0.717, 1.165) is 308 Å². The lowest BCUT2D eigenvalue weighted by Crippen LogP contribution is -2.39. The molecule has 6 aromatic carbocycles. The largest absolute Gasteiger partial charge is 0.354 e. The summed E-state index contributed by atoms with van der Waals surface area (Å²) >= 11 is 16.1. The number of unbranched alkanes of at least 4 members (excludes halogenated alkanes) is 40. The lowest BCUT2D eigenvalue weighted by molar-refractivity contribution is 0.381. The summed E-state index contributed by atoms with van der Waals surface area (Å²) in [6, 6.07) is 6.23. The van der Waals surface area contributed by atoms with Gasteiger partial charge in [-0.25, -0.2) is 0 Å². The van der Waals surface area contributed by atoms with Crippen LogP contribution in [-0.4, -0.2) is 28.2 Å². The predicted molar refractivity (Wildman–Crippen MR) is 545 cm³/mol. The summed E-state index contributed by atoms with van der Waals surface area (Å²) in [7, 11) is 0. The van der Waals surface area contributed by atoms with Crippen molar-refractivity contribution in [2.45, 2.75) is 439 Å². The number of nitrogens with one attached hydrogen (secondary N) is 2. The molecule has 676 valence electrons. The molecule has 0 radical (unpaired) electrons. The molecule has 0 fully saturated rings. The van der Waals surface area contributed by atoms with Crippen molar-refractivity contribution >= 4 is 183 Å². The number of nitrogens with zero attached hydrogens (tertiary/aromatic N) is 4. The van der Waals surface area contributed by atoms with Gasteiger partial charge in [0, 0.05) is 96.2 Å². The number of hydrogen-bond acceptors (Lipinski definition) is 8. The van der Waals surface area contributed by atoms with Crippen LogP contribution in [0.1, 0.15) is 439 Å². The first-order valence-corrected chi connectivity index (χ1v) is 53.4. The highest BCUT2D eigenvalue weighted by Gasteiger charge is 2.37. The Hall–Kier alpha value is -5.82. The van der Waals surface area contributed by atoms with Crippen LogP contribution in [0, 0.1) is 0 Å². The minimum absolute atomic E-state index is 0.240. The third-order valence-corrected chi connectivity index (χ3v) is 32.8. The van der Waals surface area contributed by atoms with E-state index in [1.807, 2.05) is 24.3 Å². The van der Waals surface area contributed by atoms with Gasteiger partial charge in [-0.3, -0.25) is 56.6 Å². The van der Waals surface area contributed by atoms with E-state index in [1.54, 1.807) is 18.3 Å². The number of rotatable bonds is 60. The quantitative estimate of drug-likeness (QED) is 0.0214. The smallest absolute Gasteiger partial charge is 0.263 e. The SMILES string of the molecule is CCCCCCCCC(CCCCCCCC)n1c(=O)c2c(Br)c(Br)c3c(=O)n(C(CCCCCCCC)CCCCCCCC)c(=O)c4c5c6ccc7[nH]c8c9c(=O)n(C(CCCCCCCC)CCCCCCCC)c(=O)c%10c(Br)c(Br)c%11c(=O)n(C(CCCCCCCC)CCCCCCCC)c(=O)c(c8c8ccc([nH]c5c(c1=O)c2c34)c6c78)c%11c%109. The molecule has 0 amide bonds. The molecule has 0 spiro atoms. The Labute approximate surface area is 769 Å². The van der Waals surface area contributed by atoms with Gasteiger partial charge in [0.1, 0.15) is 0 Å². The third-order valence-electron chi connectivity index (χ3n) is 28.5. The van der Waals surface area contributed by atoms with Gasteiger partial charge in [0.2, 0.25) is 0 Å². The Kier molecular flexibility index (Phi) is 37.4. The summed E-state index contributed by atoms with van der Waals surface area (Å²) in [6.45, 7) is 17.8. The first-order chi connectivity index (χ1) is 60.5. The fourth-order valence-corrected chi connectivity index (χ4v) is 24.0. The average molecular weight is 1950 g/mol. The van der Waals surface area contributed by atoms with Gasteiger partial charge < -0.3 is 9.97 Å². The van der Waals surface area contributed by atoms with Crippen molar-refractivity contribution < 1.29 is 0 Å². The van der Waals surface area contributed by atoms with Crippen LogP contribution in [0.4, 0.5) is 0 Å². The molecule has 0 saturated heterocycles. The summed E-state index contributed by atoms with van der Waals surface area (Å²) in [5, 5.41) is 6.65. The Bertz CT molecular complexity index is 5620. The van der Waals surface area contributed by atoms with E-state index in [0.29, 0.717) is 134 Å². The highest BCUT2D eigenvalue weighted by molar-refractivity contribution is 9.13. The molecule has 6 heterocycles. The molecule has 0 bridgehead atoms. The molecular formula is C106H146Br4N6O8. The van der Waals surface area contributed by atoms with Crippen molar-refractivity contribution in [3.05, 3.63) is 125 Å². The van der Waals surface area contributed by atoms with E-state index in [2.05, 4.69) is 129 Å². The minimum atomic E-state index is -0.464. The molecule has 6 aromatic heterocycles. The second-order valence-electron chi connectivity index (χ2n) is 37.6. The summed E-state index contributed by atoms with van der Waals surface area (Å²) in [4.78, 5) is 142. The van der Waals surface area contributed by atoms with Crippen molar-refractivity contribution in [3.63, 3.8) is 0 Å². The molecule has 0 aliphatic carbocycles. The van der Waals surface area contributed by atoms with Crippen molar-refractivity contribution in [1.82, 2.24) is 28.2 Å². The van der Waals surface area contributed by atoms with Crippen molar-refractivity contribution in [2.75, 3.05) is 0 Å². The summed E-state index contributed by atoms with van der Waals surface area (Å²) in [5.74, 6) is 0. The fourth-order valence-electron chi connectivity index (χ4n) is 21.8. The topological polar surface area (TPSA) is 188 Å². The molecule has 2 N–H and O–H groups in total. The van der Waals surface area contributed by atoms with Crippen LogP contribution in [0.2, 0.25) is 0 Å². The highest BCUT2D eigenvalue weighted by atomic mass is 79.9. The fraction of sp³-hybridized carbons (Fsp3) is 0.642. The van der Waals surface area contributed by atoms with Gasteiger partial charge in [0.25, 0.3) is 44.5 Å². The summed E-state index contributed by atoms with van der Waals surface area (Å²) in [5.41, 5.74) is -1.60. The van der Waals surface area contributed by atoms with Gasteiger partial charge in [0.05, 0.1) is 54.1 Å². The molecule has 18 heteroatoms. The monoisotopic (exact) mass is 1950 g/mol. The minimum Gasteiger partial charge on any atom is -0.354 e. The Morgan fingerprint density at radius 3 is 0.573 bits per heavy atom. The number of halogens is 4. The van der Waals surface area contributed by atoms with Crippen LogP contribution in [0.5, 0.6) is 0 Å². The number of fused-ring (bicyclic) bond motifs is 8. The van der Waals surface area contributed by atoms with Crippen molar-refractivity contribution in [3.8, 4) is 0 Å². The molecule has 0 atom stereocenters. The van der Waals surface area contributed by atoms with Crippen LogP contribution < -0.4 is 44.5 Å². The number of aromatic nitrogens is 6. The lowest BCUT2D eigenvalue weighted by atomic mass is 9.87. The van der Waals surface area contributed by atoms with E-state index in [1.165, 1.54) is 0 Å². The van der Waals surface area contributed by atoms with Gasteiger partial charge in [-0.05, 0) is 138 Å². The zero-order chi connectivity index (χ0) is 88.1.